The zero-order chi connectivity index (χ0) is 13.0. The van der Waals surface area contributed by atoms with Crippen molar-refractivity contribution in [1.82, 2.24) is 15.7 Å². The Morgan fingerprint density at radius 2 is 2.28 bits per heavy atom. The molecule has 0 fully saturated rings. The van der Waals surface area contributed by atoms with E-state index in [2.05, 4.69) is 10.2 Å². The maximum Gasteiger partial charge on any atom is 0.267 e. The van der Waals surface area contributed by atoms with Crippen LogP contribution in [0.15, 0.2) is 36.7 Å². The molecule has 0 aliphatic heterocycles. The van der Waals surface area contributed by atoms with Gasteiger partial charge < -0.3 is 0 Å². The highest BCUT2D eigenvalue weighted by Crippen LogP contribution is 2.25. The normalized spacial score (nSPS) is 10.8. The van der Waals surface area contributed by atoms with Crippen LogP contribution in [0.25, 0.3) is 17.2 Å². The highest BCUT2D eigenvalue weighted by molar-refractivity contribution is 6.32. The number of nitrogens with zero attached hydrogens (tertiary/aromatic N) is 1. The Kier molecular flexibility index (Phi) is 3.76. The Hall–Kier alpha value is -2.11. The van der Waals surface area contributed by atoms with Crippen molar-refractivity contribution in [2.75, 3.05) is 0 Å². The molecule has 2 aromatic rings. The van der Waals surface area contributed by atoms with Crippen molar-refractivity contribution < 1.29 is 10.0 Å². The first kappa shape index (κ1) is 12.3. The van der Waals surface area contributed by atoms with Crippen molar-refractivity contribution in [3.8, 4) is 11.1 Å². The van der Waals surface area contributed by atoms with Crippen LogP contribution in [0, 0.1) is 0 Å². The van der Waals surface area contributed by atoms with Crippen molar-refractivity contribution in [2.45, 2.75) is 0 Å². The summed E-state index contributed by atoms with van der Waals surface area (Å²) in [6.07, 6.45) is 6.17. The van der Waals surface area contributed by atoms with Crippen LogP contribution in [0.2, 0.25) is 5.02 Å². The fourth-order valence-electron chi connectivity index (χ4n) is 1.45. The third kappa shape index (κ3) is 2.77. The summed E-state index contributed by atoms with van der Waals surface area (Å²) < 4.78 is 0. The molecule has 0 saturated heterocycles. The van der Waals surface area contributed by atoms with E-state index in [0.717, 1.165) is 11.1 Å². The molecule has 0 bridgehead atoms. The summed E-state index contributed by atoms with van der Waals surface area (Å²) in [4.78, 5) is 10.8. The number of carbonyl (C=O) groups is 1. The van der Waals surface area contributed by atoms with Gasteiger partial charge in [-0.15, -0.1) is 0 Å². The second-order valence-corrected chi connectivity index (χ2v) is 3.94. The van der Waals surface area contributed by atoms with Gasteiger partial charge in [-0.2, -0.15) is 5.10 Å². The lowest BCUT2D eigenvalue weighted by atomic mass is 10.1. The highest BCUT2D eigenvalue weighted by atomic mass is 35.5. The second kappa shape index (κ2) is 5.48. The maximum absolute atomic E-state index is 10.8. The Labute approximate surface area is 108 Å². The Morgan fingerprint density at radius 1 is 1.44 bits per heavy atom. The number of amides is 1. The summed E-state index contributed by atoms with van der Waals surface area (Å²) in [5.41, 5.74) is 4.05. The molecule has 0 unspecified atom stereocenters. The summed E-state index contributed by atoms with van der Waals surface area (Å²) >= 11 is 6.10. The molecule has 0 saturated carbocycles. The van der Waals surface area contributed by atoms with Crippen LogP contribution in [0.5, 0.6) is 0 Å². The lowest BCUT2D eigenvalue weighted by Gasteiger charge is -2.02. The molecule has 0 radical (unpaired) electrons. The molecule has 1 heterocycles. The van der Waals surface area contributed by atoms with Crippen LogP contribution >= 0.6 is 11.6 Å². The molecule has 0 aliphatic carbocycles. The second-order valence-electron chi connectivity index (χ2n) is 3.53. The van der Waals surface area contributed by atoms with E-state index >= 15 is 0 Å². The Bertz CT molecular complexity index is 579. The van der Waals surface area contributed by atoms with Crippen LogP contribution in [0.4, 0.5) is 0 Å². The number of aromatic nitrogens is 2. The first-order chi connectivity index (χ1) is 8.70. The Balaban J connectivity index is 2.26. The molecular formula is C12H10ClN3O2. The van der Waals surface area contributed by atoms with E-state index in [4.69, 9.17) is 16.8 Å². The van der Waals surface area contributed by atoms with E-state index < -0.39 is 5.91 Å². The van der Waals surface area contributed by atoms with Crippen molar-refractivity contribution in [2.24, 2.45) is 0 Å². The molecule has 0 atom stereocenters. The van der Waals surface area contributed by atoms with E-state index in [-0.39, 0.29) is 0 Å². The van der Waals surface area contributed by atoms with E-state index in [1.165, 1.54) is 17.6 Å². The number of carbonyl (C=O) groups excluding carboxylic acids is 1. The van der Waals surface area contributed by atoms with Crippen LogP contribution < -0.4 is 5.48 Å². The summed E-state index contributed by atoms with van der Waals surface area (Å²) in [6.45, 7) is 0. The van der Waals surface area contributed by atoms with Gasteiger partial charge in [0.2, 0.25) is 0 Å². The number of benzene rings is 1. The zero-order valence-corrected chi connectivity index (χ0v) is 9.98. The highest BCUT2D eigenvalue weighted by Gasteiger charge is 2.03. The first-order valence-electron chi connectivity index (χ1n) is 5.11. The van der Waals surface area contributed by atoms with Gasteiger partial charge in [0.15, 0.2) is 0 Å². The number of H-pyrrole nitrogens is 1. The van der Waals surface area contributed by atoms with Gasteiger partial charge in [0.1, 0.15) is 0 Å². The predicted octanol–water partition coefficient (Wildman–Crippen LogP) is 2.25. The topological polar surface area (TPSA) is 78.0 Å². The third-order valence-corrected chi connectivity index (χ3v) is 2.68. The van der Waals surface area contributed by atoms with Crippen LogP contribution in [0.1, 0.15) is 5.56 Å². The summed E-state index contributed by atoms with van der Waals surface area (Å²) in [5, 5.41) is 15.4. The van der Waals surface area contributed by atoms with Crippen molar-refractivity contribution >= 4 is 23.6 Å². The molecule has 1 amide bonds. The van der Waals surface area contributed by atoms with Crippen molar-refractivity contribution in [3.63, 3.8) is 0 Å². The number of rotatable bonds is 3. The number of aromatic amines is 1. The standard InChI is InChI=1S/C12H10ClN3O2/c13-11-5-9(10-6-14-15-7-10)2-1-8(11)3-4-12(17)16-18/h1-7,18H,(H,14,15)(H,16,17)/b4-3+. The van der Waals surface area contributed by atoms with E-state index in [1.54, 1.807) is 24.5 Å². The van der Waals surface area contributed by atoms with Crippen molar-refractivity contribution in [3.05, 3.63) is 47.3 Å². The largest absolute Gasteiger partial charge is 0.288 e. The van der Waals surface area contributed by atoms with E-state index in [9.17, 15) is 4.79 Å². The van der Waals surface area contributed by atoms with Gasteiger partial charge in [-0.25, -0.2) is 5.48 Å². The fourth-order valence-corrected chi connectivity index (χ4v) is 1.70. The number of nitrogens with one attached hydrogen (secondary N) is 2. The molecule has 2 rings (SSSR count). The average Bonchev–Trinajstić information content (AvgIpc) is 2.90. The number of hydrogen-bond donors (Lipinski definition) is 3. The lowest BCUT2D eigenvalue weighted by molar-refractivity contribution is -0.124. The monoisotopic (exact) mass is 263 g/mol. The number of hydrogen-bond acceptors (Lipinski definition) is 3. The molecule has 5 nitrogen and oxygen atoms in total. The first-order valence-corrected chi connectivity index (χ1v) is 5.49. The van der Waals surface area contributed by atoms with Crippen molar-refractivity contribution in [1.29, 1.82) is 0 Å². The summed E-state index contributed by atoms with van der Waals surface area (Å²) in [6, 6.07) is 5.43. The average molecular weight is 264 g/mol. The van der Waals surface area contributed by atoms with Gasteiger partial charge in [0, 0.05) is 22.9 Å². The molecule has 0 aliphatic rings. The molecule has 3 N–H and O–H groups in total. The van der Waals surface area contributed by atoms with Gasteiger partial charge in [-0.1, -0.05) is 23.7 Å². The molecule has 1 aromatic carbocycles. The third-order valence-electron chi connectivity index (χ3n) is 2.36. The Morgan fingerprint density at radius 3 is 2.89 bits per heavy atom. The SMILES string of the molecule is O=C(/C=C/c1ccc(-c2cn[nH]c2)cc1Cl)NO. The van der Waals surface area contributed by atoms with Gasteiger partial charge in [-0.05, 0) is 23.3 Å². The minimum Gasteiger partial charge on any atom is -0.288 e. The summed E-state index contributed by atoms with van der Waals surface area (Å²) in [5.74, 6) is -0.607. The molecule has 6 heteroatoms. The lowest BCUT2D eigenvalue weighted by Crippen LogP contribution is -2.14. The quantitative estimate of drug-likeness (QED) is 0.451. The molecule has 92 valence electrons. The van der Waals surface area contributed by atoms with Gasteiger partial charge in [-0.3, -0.25) is 15.1 Å². The van der Waals surface area contributed by atoms with E-state index in [0.29, 0.717) is 10.6 Å². The minimum atomic E-state index is -0.607. The van der Waals surface area contributed by atoms with Gasteiger partial charge in [0.25, 0.3) is 5.91 Å². The summed E-state index contributed by atoms with van der Waals surface area (Å²) in [7, 11) is 0. The van der Waals surface area contributed by atoms with Crippen LogP contribution in [0.3, 0.4) is 0 Å². The van der Waals surface area contributed by atoms with E-state index in [1.807, 2.05) is 6.07 Å². The van der Waals surface area contributed by atoms with Crippen LogP contribution in [-0.2, 0) is 4.79 Å². The minimum absolute atomic E-state index is 0.510. The van der Waals surface area contributed by atoms with Gasteiger partial charge in [0.05, 0.1) is 6.20 Å². The smallest absolute Gasteiger partial charge is 0.267 e. The number of halogens is 1. The predicted molar refractivity (Wildman–Crippen MR) is 68.0 cm³/mol. The number of hydroxylamine groups is 1. The molecular weight excluding hydrogens is 254 g/mol. The fraction of sp³-hybridized carbons (Fsp3) is 0. The molecule has 18 heavy (non-hydrogen) atoms. The molecule has 1 aromatic heterocycles. The maximum atomic E-state index is 10.8. The zero-order valence-electron chi connectivity index (χ0n) is 9.22. The van der Waals surface area contributed by atoms with Gasteiger partial charge >= 0.3 is 0 Å². The van der Waals surface area contributed by atoms with Crippen LogP contribution in [-0.4, -0.2) is 21.3 Å². The molecule has 0 spiro atoms.